The van der Waals surface area contributed by atoms with Gasteiger partial charge in [0.2, 0.25) is 0 Å². The second kappa shape index (κ2) is 8.28. The number of rotatable bonds is 6. The number of benzene rings is 1. The van der Waals surface area contributed by atoms with E-state index >= 15 is 0 Å². The second-order valence-electron chi connectivity index (χ2n) is 6.63. The average Bonchev–Trinajstić information content (AvgIpc) is 3.12. The van der Waals surface area contributed by atoms with Crippen LogP contribution >= 0.6 is 0 Å². The van der Waals surface area contributed by atoms with Crippen LogP contribution in [-0.2, 0) is 4.79 Å². The van der Waals surface area contributed by atoms with Crippen LogP contribution in [0.25, 0.3) is 0 Å². The first-order valence-corrected chi connectivity index (χ1v) is 8.86. The minimum atomic E-state index is -1.01. The van der Waals surface area contributed by atoms with Crippen LogP contribution in [0.1, 0.15) is 19.8 Å². The average molecular weight is 376 g/mol. The number of hydrogen-bond acceptors (Lipinski definition) is 5. The van der Waals surface area contributed by atoms with E-state index in [1.165, 1.54) is 6.07 Å². The molecule has 8 heteroatoms. The van der Waals surface area contributed by atoms with Crippen molar-refractivity contribution in [2.75, 3.05) is 25.0 Å². The molecular formula is C19H22F2N4O2. The fourth-order valence-corrected chi connectivity index (χ4v) is 3.29. The number of nitrogens with zero attached hydrogens (tertiary/aromatic N) is 4. The number of hydrogen-bond donors (Lipinski definition) is 0. The summed E-state index contributed by atoms with van der Waals surface area (Å²) in [7, 11) is 1.71. The van der Waals surface area contributed by atoms with Gasteiger partial charge in [0.1, 0.15) is 5.75 Å². The van der Waals surface area contributed by atoms with Crippen molar-refractivity contribution in [3.05, 3.63) is 48.2 Å². The zero-order valence-corrected chi connectivity index (χ0v) is 15.3. The number of likely N-dealkylation sites (N-methyl/N-ethyl adjacent to an activating group) is 1. The molecule has 27 heavy (non-hydrogen) atoms. The zero-order chi connectivity index (χ0) is 19.4. The van der Waals surface area contributed by atoms with Gasteiger partial charge in [0.15, 0.2) is 23.6 Å². The fraction of sp³-hybridized carbons (Fsp3) is 0.421. The number of carbonyl (C=O) groups is 1. The summed E-state index contributed by atoms with van der Waals surface area (Å²) in [6, 6.07) is 7.10. The van der Waals surface area contributed by atoms with Crippen molar-refractivity contribution in [3.63, 3.8) is 0 Å². The summed E-state index contributed by atoms with van der Waals surface area (Å²) < 4.78 is 31.8. The SMILES string of the molecule is CC(Oc1ccc(F)c(F)c1)C(=O)N(C)CC1CCCN1c1cccnn1. The van der Waals surface area contributed by atoms with Gasteiger partial charge in [-0.15, -0.1) is 5.10 Å². The highest BCUT2D eigenvalue weighted by atomic mass is 19.2. The Kier molecular flexibility index (Phi) is 5.83. The molecule has 1 amide bonds. The highest BCUT2D eigenvalue weighted by Gasteiger charge is 2.29. The van der Waals surface area contributed by atoms with E-state index in [0.717, 1.165) is 37.3 Å². The van der Waals surface area contributed by atoms with Crippen molar-refractivity contribution >= 4 is 11.7 Å². The van der Waals surface area contributed by atoms with Crippen LogP contribution in [0.4, 0.5) is 14.6 Å². The Morgan fingerprint density at radius 1 is 1.37 bits per heavy atom. The predicted octanol–water partition coefficient (Wildman–Crippen LogP) is 2.65. The van der Waals surface area contributed by atoms with Gasteiger partial charge in [-0.2, -0.15) is 5.10 Å². The quantitative estimate of drug-likeness (QED) is 0.776. The van der Waals surface area contributed by atoms with E-state index < -0.39 is 17.7 Å². The molecule has 2 aromatic rings. The summed E-state index contributed by atoms with van der Waals surface area (Å²) >= 11 is 0. The van der Waals surface area contributed by atoms with E-state index in [4.69, 9.17) is 4.74 Å². The third kappa shape index (κ3) is 4.50. The highest BCUT2D eigenvalue weighted by Crippen LogP contribution is 2.24. The Morgan fingerprint density at radius 3 is 2.89 bits per heavy atom. The van der Waals surface area contributed by atoms with Gasteiger partial charge in [0.05, 0.1) is 0 Å². The predicted molar refractivity (Wildman–Crippen MR) is 96.5 cm³/mol. The molecule has 0 aliphatic carbocycles. The van der Waals surface area contributed by atoms with Crippen LogP contribution in [0, 0.1) is 11.6 Å². The minimum absolute atomic E-state index is 0.116. The molecule has 2 atom stereocenters. The molecule has 1 aromatic carbocycles. The van der Waals surface area contributed by atoms with Gasteiger partial charge in [-0.25, -0.2) is 8.78 Å². The molecule has 1 aliphatic rings. The molecular weight excluding hydrogens is 354 g/mol. The number of anilines is 1. The van der Waals surface area contributed by atoms with E-state index in [0.29, 0.717) is 6.54 Å². The van der Waals surface area contributed by atoms with E-state index in [1.54, 1.807) is 25.1 Å². The lowest BCUT2D eigenvalue weighted by Gasteiger charge is -2.30. The first kappa shape index (κ1) is 19.0. The molecule has 0 spiro atoms. The maximum atomic E-state index is 13.3. The molecule has 2 heterocycles. The molecule has 6 nitrogen and oxygen atoms in total. The maximum absolute atomic E-state index is 13.3. The van der Waals surface area contributed by atoms with Gasteiger partial charge in [-0.1, -0.05) is 0 Å². The Bertz CT molecular complexity index is 791. The fourth-order valence-electron chi connectivity index (χ4n) is 3.29. The summed E-state index contributed by atoms with van der Waals surface area (Å²) in [5.41, 5.74) is 0. The molecule has 0 bridgehead atoms. The number of ether oxygens (including phenoxy) is 1. The third-order valence-electron chi connectivity index (χ3n) is 4.64. The Morgan fingerprint density at radius 2 is 2.19 bits per heavy atom. The van der Waals surface area contributed by atoms with Gasteiger partial charge in [-0.05, 0) is 44.0 Å². The van der Waals surface area contributed by atoms with Gasteiger partial charge in [-0.3, -0.25) is 4.79 Å². The van der Waals surface area contributed by atoms with Gasteiger partial charge in [0, 0.05) is 38.4 Å². The van der Waals surface area contributed by atoms with Crippen molar-refractivity contribution in [2.45, 2.75) is 31.9 Å². The monoisotopic (exact) mass is 376 g/mol. The Hall–Kier alpha value is -2.77. The van der Waals surface area contributed by atoms with Crippen LogP contribution in [0.15, 0.2) is 36.5 Å². The van der Waals surface area contributed by atoms with E-state index in [1.807, 2.05) is 12.1 Å². The molecule has 144 valence electrons. The number of amides is 1. The van der Waals surface area contributed by atoms with Gasteiger partial charge in [0.25, 0.3) is 5.91 Å². The summed E-state index contributed by atoms with van der Waals surface area (Å²) in [5, 5.41) is 8.07. The van der Waals surface area contributed by atoms with Crippen molar-refractivity contribution in [1.29, 1.82) is 0 Å². The third-order valence-corrected chi connectivity index (χ3v) is 4.64. The zero-order valence-electron chi connectivity index (χ0n) is 15.3. The summed E-state index contributed by atoms with van der Waals surface area (Å²) in [6.07, 6.45) is 2.78. The van der Waals surface area contributed by atoms with Crippen molar-refractivity contribution < 1.29 is 18.3 Å². The molecule has 0 radical (unpaired) electrons. The second-order valence-corrected chi connectivity index (χ2v) is 6.63. The van der Waals surface area contributed by atoms with Crippen LogP contribution in [-0.4, -0.2) is 53.3 Å². The van der Waals surface area contributed by atoms with Crippen molar-refractivity contribution in [1.82, 2.24) is 15.1 Å². The molecule has 1 aliphatic heterocycles. The lowest BCUT2D eigenvalue weighted by atomic mass is 10.2. The maximum Gasteiger partial charge on any atom is 0.263 e. The van der Waals surface area contributed by atoms with Crippen LogP contribution < -0.4 is 9.64 Å². The van der Waals surface area contributed by atoms with Crippen molar-refractivity contribution in [2.24, 2.45) is 0 Å². The molecule has 0 N–H and O–H groups in total. The Labute approximate surface area is 156 Å². The summed E-state index contributed by atoms with van der Waals surface area (Å²) in [5.74, 6) is -1.28. The number of carbonyl (C=O) groups excluding carboxylic acids is 1. The standard InChI is InChI=1S/C19H22F2N4O2/c1-13(27-15-7-8-16(20)17(21)11-15)19(26)24(2)12-14-5-4-10-25(14)18-6-3-9-22-23-18/h3,6-9,11,13-14H,4-5,10,12H2,1-2H3. The molecule has 0 saturated carbocycles. The molecule has 3 rings (SSSR count). The summed E-state index contributed by atoms with van der Waals surface area (Å²) in [6.45, 7) is 2.97. The van der Waals surface area contributed by atoms with Crippen LogP contribution in [0.5, 0.6) is 5.75 Å². The van der Waals surface area contributed by atoms with Crippen LogP contribution in [0.2, 0.25) is 0 Å². The highest BCUT2D eigenvalue weighted by molar-refractivity contribution is 5.80. The molecule has 1 fully saturated rings. The lowest BCUT2D eigenvalue weighted by molar-refractivity contribution is -0.136. The van der Waals surface area contributed by atoms with E-state index in [-0.39, 0.29) is 17.7 Å². The topological polar surface area (TPSA) is 58.6 Å². The molecule has 1 aromatic heterocycles. The smallest absolute Gasteiger partial charge is 0.263 e. The van der Waals surface area contributed by atoms with Gasteiger partial charge < -0.3 is 14.5 Å². The normalized spacial score (nSPS) is 17.6. The largest absolute Gasteiger partial charge is 0.481 e. The first-order chi connectivity index (χ1) is 13.0. The molecule has 2 unspecified atom stereocenters. The first-order valence-electron chi connectivity index (χ1n) is 8.86. The lowest BCUT2D eigenvalue weighted by Crippen LogP contribution is -2.45. The number of aromatic nitrogens is 2. The molecule has 1 saturated heterocycles. The summed E-state index contributed by atoms with van der Waals surface area (Å²) in [4.78, 5) is 16.4. The number of halogens is 2. The Balaban J connectivity index is 1.60. The van der Waals surface area contributed by atoms with Crippen LogP contribution in [0.3, 0.4) is 0 Å². The van der Waals surface area contributed by atoms with Gasteiger partial charge >= 0.3 is 0 Å². The minimum Gasteiger partial charge on any atom is -0.481 e. The van der Waals surface area contributed by atoms with Crippen molar-refractivity contribution in [3.8, 4) is 5.75 Å². The van der Waals surface area contributed by atoms with E-state index in [2.05, 4.69) is 15.1 Å². The van der Waals surface area contributed by atoms with E-state index in [9.17, 15) is 13.6 Å².